The van der Waals surface area contributed by atoms with Crippen molar-refractivity contribution in [2.24, 2.45) is 7.05 Å². The molecule has 0 bridgehead atoms. The molecule has 110 valence electrons. The van der Waals surface area contributed by atoms with E-state index in [1.165, 1.54) is 16.2 Å². The summed E-state index contributed by atoms with van der Waals surface area (Å²) in [6.07, 6.45) is 5.98. The zero-order valence-electron chi connectivity index (χ0n) is 11.2. The highest BCUT2D eigenvalue weighted by Crippen LogP contribution is 2.31. The molecule has 0 radical (unpaired) electrons. The molecule has 0 aromatic carbocycles. The van der Waals surface area contributed by atoms with Crippen LogP contribution in [0, 0.1) is 0 Å². The van der Waals surface area contributed by atoms with Crippen molar-refractivity contribution in [2.45, 2.75) is 12.6 Å². The van der Waals surface area contributed by atoms with E-state index in [4.69, 9.17) is 5.73 Å². The van der Waals surface area contributed by atoms with Crippen LogP contribution < -0.4 is 5.73 Å². The maximum Gasteiger partial charge on any atom is 0.180 e. The van der Waals surface area contributed by atoms with Crippen LogP contribution in [0.25, 0.3) is 0 Å². The molecule has 3 heterocycles. The minimum absolute atomic E-state index is 0. The van der Waals surface area contributed by atoms with Crippen LogP contribution in [-0.2, 0) is 13.6 Å². The van der Waals surface area contributed by atoms with Crippen molar-refractivity contribution in [2.75, 3.05) is 23.8 Å². The lowest BCUT2D eigenvalue weighted by atomic mass is 10.1. The molecule has 2 aromatic rings. The van der Waals surface area contributed by atoms with Gasteiger partial charge in [0.2, 0.25) is 0 Å². The lowest BCUT2D eigenvalue weighted by Gasteiger charge is -2.34. The summed E-state index contributed by atoms with van der Waals surface area (Å²) in [5.41, 5.74) is 7.00. The molecule has 20 heavy (non-hydrogen) atoms. The third kappa shape index (κ3) is 3.46. The summed E-state index contributed by atoms with van der Waals surface area (Å²) in [6, 6.07) is 0.441. The van der Waals surface area contributed by atoms with Gasteiger partial charge in [0.25, 0.3) is 0 Å². The quantitative estimate of drug-likeness (QED) is 0.934. The lowest BCUT2D eigenvalue weighted by Crippen LogP contribution is -2.35. The summed E-state index contributed by atoms with van der Waals surface area (Å²) in [7, 11) is 1.97. The predicted octanol–water partition coefficient (Wildman–Crippen LogP) is 2.17. The van der Waals surface area contributed by atoms with Gasteiger partial charge in [-0.3, -0.25) is 9.58 Å². The van der Waals surface area contributed by atoms with Crippen molar-refractivity contribution in [3.8, 4) is 0 Å². The zero-order chi connectivity index (χ0) is 13.2. The molecule has 2 N–H and O–H groups in total. The van der Waals surface area contributed by atoms with E-state index in [0.717, 1.165) is 18.8 Å². The molecule has 0 saturated carbocycles. The van der Waals surface area contributed by atoms with Gasteiger partial charge in [-0.2, -0.15) is 16.9 Å². The third-order valence-corrected chi connectivity index (χ3v) is 5.11. The Balaban J connectivity index is 0.00000147. The topological polar surface area (TPSA) is 60.0 Å². The fourth-order valence-electron chi connectivity index (χ4n) is 2.34. The summed E-state index contributed by atoms with van der Waals surface area (Å²) in [6.45, 7) is 2.02. The number of nitrogens with two attached hydrogens (primary N) is 1. The normalized spacial score (nSPS) is 19.8. The first-order valence-corrected chi connectivity index (χ1v) is 8.20. The third-order valence-electron chi connectivity index (χ3n) is 3.28. The fourth-order valence-corrected chi connectivity index (χ4v) is 4.21. The van der Waals surface area contributed by atoms with Gasteiger partial charge in [0, 0.05) is 60.5 Å². The second-order valence-electron chi connectivity index (χ2n) is 4.67. The van der Waals surface area contributed by atoms with Gasteiger partial charge in [-0.25, -0.2) is 4.98 Å². The minimum Gasteiger partial charge on any atom is -0.375 e. The van der Waals surface area contributed by atoms with E-state index in [9.17, 15) is 0 Å². The van der Waals surface area contributed by atoms with Crippen molar-refractivity contribution >= 4 is 40.6 Å². The van der Waals surface area contributed by atoms with Crippen LogP contribution in [0.3, 0.4) is 0 Å². The second-order valence-corrected chi connectivity index (χ2v) is 6.97. The molecule has 0 amide bonds. The Hall–Kier alpha value is -0.760. The zero-order valence-corrected chi connectivity index (χ0v) is 13.7. The Labute approximate surface area is 133 Å². The highest BCUT2D eigenvalue weighted by Gasteiger charge is 2.25. The highest BCUT2D eigenvalue weighted by atomic mass is 35.5. The van der Waals surface area contributed by atoms with Gasteiger partial charge in [-0.15, -0.1) is 23.7 Å². The van der Waals surface area contributed by atoms with E-state index in [1.807, 2.05) is 35.9 Å². The summed E-state index contributed by atoms with van der Waals surface area (Å²) in [4.78, 5) is 7.87. The number of aromatic nitrogens is 3. The molecule has 2 aromatic heterocycles. The average Bonchev–Trinajstić information content (AvgIpc) is 2.99. The number of aryl methyl sites for hydroxylation is 1. The molecule has 1 fully saturated rings. The van der Waals surface area contributed by atoms with Crippen molar-refractivity contribution < 1.29 is 0 Å². The Kier molecular flexibility index (Phi) is 5.31. The Bertz CT molecular complexity index is 556. The molecular weight excluding hydrogens is 314 g/mol. The van der Waals surface area contributed by atoms with E-state index in [0.29, 0.717) is 11.2 Å². The number of nitrogens with zero attached hydrogens (tertiary/aromatic N) is 4. The number of hydrogen-bond donors (Lipinski definition) is 1. The number of rotatable bonds is 3. The maximum absolute atomic E-state index is 5.70. The summed E-state index contributed by atoms with van der Waals surface area (Å²) in [5, 5.41) is 4.94. The molecule has 1 saturated heterocycles. The monoisotopic (exact) mass is 331 g/mol. The van der Waals surface area contributed by atoms with Gasteiger partial charge in [0.1, 0.15) is 0 Å². The van der Waals surface area contributed by atoms with Crippen LogP contribution in [0.5, 0.6) is 0 Å². The van der Waals surface area contributed by atoms with Gasteiger partial charge in [-0.05, 0) is 0 Å². The van der Waals surface area contributed by atoms with Crippen LogP contribution in [-0.4, -0.2) is 37.7 Å². The number of nitrogen functional groups attached to an aromatic ring is 1. The number of thioether (sulfide) groups is 1. The summed E-state index contributed by atoms with van der Waals surface area (Å²) >= 11 is 3.59. The summed E-state index contributed by atoms with van der Waals surface area (Å²) in [5.74, 6) is 2.31. The van der Waals surface area contributed by atoms with Crippen molar-refractivity contribution in [3.63, 3.8) is 0 Å². The standard InChI is InChI=1S/C12H17N5S2.ClH/c1-16-6-9(4-15-16)11-8-18-3-2-17(11)7-10-5-14-12(13)19-10;/h4-6,11H,2-3,7-8H2,1H3,(H2,13,14);1H. The largest absolute Gasteiger partial charge is 0.375 e. The molecule has 5 nitrogen and oxygen atoms in total. The van der Waals surface area contributed by atoms with Crippen LogP contribution in [0.15, 0.2) is 18.6 Å². The SMILES string of the molecule is Cl.Cn1cc(C2CSCCN2Cc2cnc(N)s2)cn1. The van der Waals surface area contributed by atoms with Gasteiger partial charge >= 0.3 is 0 Å². The molecule has 0 aliphatic carbocycles. The number of thiazole rings is 1. The first-order valence-electron chi connectivity index (χ1n) is 6.23. The number of anilines is 1. The average molecular weight is 332 g/mol. The predicted molar refractivity (Wildman–Crippen MR) is 87.5 cm³/mol. The molecule has 3 rings (SSSR count). The van der Waals surface area contributed by atoms with Crippen molar-refractivity contribution in [3.05, 3.63) is 29.0 Å². The molecule has 1 aliphatic heterocycles. The summed E-state index contributed by atoms with van der Waals surface area (Å²) < 4.78 is 1.87. The lowest BCUT2D eigenvalue weighted by molar-refractivity contribution is 0.214. The maximum atomic E-state index is 5.70. The highest BCUT2D eigenvalue weighted by molar-refractivity contribution is 7.99. The van der Waals surface area contributed by atoms with Crippen molar-refractivity contribution in [1.29, 1.82) is 0 Å². The van der Waals surface area contributed by atoms with Gasteiger partial charge in [-0.1, -0.05) is 0 Å². The van der Waals surface area contributed by atoms with Crippen molar-refractivity contribution in [1.82, 2.24) is 19.7 Å². The van der Waals surface area contributed by atoms with Gasteiger partial charge < -0.3 is 5.73 Å². The van der Waals surface area contributed by atoms with E-state index in [1.54, 1.807) is 11.3 Å². The number of hydrogen-bond acceptors (Lipinski definition) is 6. The molecule has 1 aliphatic rings. The van der Waals surface area contributed by atoms with Crippen LogP contribution in [0.4, 0.5) is 5.13 Å². The fraction of sp³-hybridized carbons (Fsp3) is 0.500. The molecule has 1 atom stereocenters. The number of halogens is 1. The smallest absolute Gasteiger partial charge is 0.180 e. The molecule has 1 unspecified atom stereocenters. The van der Waals surface area contributed by atoms with E-state index >= 15 is 0 Å². The van der Waals surface area contributed by atoms with Crippen LogP contribution in [0.1, 0.15) is 16.5 Å². The van der Waals surface area contributed by atoms with Gasteiger partial charge in [0.05, 0.1) is 6.20 Å². The Morgan fingerprint density at radius 1 is 1.45 bits per heavy atom. The second kappa shape index (κ2) is 6.80. The Morgan fingerprint density at radius 3 is 2.95 bits per heavy atom. The van der Waals surface area contributed by atoms with Crippen LogP contribution >= 0.6 is 35.5 Å². The van der Waals surface area contributed by atoms with Gasteiger partial charge in [0.15, 0.2) is 5.13 Å². The molecular formula is C12H18ClN5S2. The van der Waals surface area contributed by atoms with E-state index in [2.05, 4.69) is 21.2 Å². The van der Waals surface area contributed by atoms with E-state index < -0.39 is 0 Å². The Morgan fingerprint density at radius 2 is 2.30 bits per heavy atom. The molecule has 8 heteroatoms. The minimum atomic E-state index is 0. The van der Waals surface area contributed by atoms with E-state index in [-0.39, 0.29) is 12.4 Å². The molecule has 0 spiro atoms. The van der Waals surface area contributed by atoms with Crippen LogP contribution in [0.2, 0.25) is 0 Å². The first-order chi connectivity index (χ1) is 9.22. The first kappa shape index (κ1) is 15.6.